The van der Waals surface area contributed by atoms with Gasteiger partial charge in [-0.15, -0.1) is 5.10 Å². The largest absolute Gasteiger partial charge is 0.399 e. The molecular weight excluding hydrogens is 281 g/mol. The van der Waals surface area contributed by atoms with Gasteiger partial charge in [0.05, 0.1) is 11.6 Å². The molecule has 3 rings (SSSR count). The number of anilines is 1. The van der Waals surface area contributed by atoms with Crippen LogP contribution in [0.5, 0.6) is 0 Å². The van der Waals surface area contributed by atoms with E-state index in [1.54, 1.807) is 16.8 Å². The van der Waals surface area contributed by atoms with Crippen LogP contribution in [-0.2, 0) is 10.8 Å². The van der Waals surface area contributed by atoms with Crippen LogP contribution in [0.15, 0.2) is 18.2 Å². The van der Waals surface area contributed by atoms with Gasteiger partial charge in [-0.2, -0.15) is 0 Å². The Balaban J connectivity index is 1.95. The number of hydrogen-bond donors (Lipinski definition) is 1. The maximum Gasteiger partial charge on any atom is 0.185 e. The fourth-order valence-corrected chi connectivity index (χ4v) is 3.63. The highest BCUT2D eigenvalue weighted by molar-refractivity contribution is 7.85. The first-order valence-corrected chi connectivity index (χ1v) is 7.82. The summed E-state index contributed by atoms with van der Waals surface area (Å²) in [7, 11) is -0.754. The third-order valence-corrected chi connectivity index (χ3v) is 4.81. The molecule has 106 valence electrons. The third kappa shape index (κ3) is 2.43. The summed E-state index contributed by atoms with van der Waals surface area (Å²) in [5.41, 5.74) is 6.23. The van der Waals surface area contributed by atoms with Crippen LogP contribution >= 0.6 is 0 Å². The van der Waals surface area contributed by atoms with Crippen molar-refractivity contribution in [1.82, 2.24) is 20.2 Å². The second-order valence-electron chi connectivity index (χ2n) is 4.77. The average molecular weight is 295 g/mol. The Kier molecular flexibility index (Phi) is 3.47. The van der Waals surface area contributed by atoms with Crippen LogP contribution in [0.3, 0.4) is 0 Å². The molecule has 0 saturated carbocycles. The van der Waals surface area contributed by atoms with E-state index >= 15 is 0 Å². The Bertz CT molecular complexity index is 649. The third-order valence-electron chi connectivity index (χ3n) is 3.43. The highest BCUT2D eigenvalue weighted by atomic mass is 32.2. The number of nitrogens with two attached hydrogens (primary N) is 1. The second-order valence-corrected chi connectivity index (χ2v) is 6.46. The van der Waals surface area contributed by atoms with E-state index in [1.807, 2.05) is 0 Å². The summed E-state index contributed by atoms with van der Waals surface area (Å²) in [6, 6.07) is 4.51. The summed E-state index contributed by atoms with van der Waals surface area (Å²) in [5.74, 6) is 1.21. The Morgan fingerprint density at radius 3 is 2.80 bits per heavy atom. The zero-order valence-corrected chi connectivity index (χ0v) is 11.5. The highest BCUT2D eigenvalue weighted by Crippen LogP contribution is 2.28. The van der Waals surface area contributed by atoms with Crippen LogP contribution in [0.2, 0.25) is 0 Å². The van der Waals surface area contributed by atoms with Crippen molar-refractivity contribution < 1.29 is 8.60 Å². The van der Waals surface area contributed by atoms with Gasteiger partial charge in [-0.3, -0.25) is 4.21 Å². The molecule has 0 aliphatic carbocycles. The molecular formula is C12H14FN5OS. The van der Waals surface area contributed by atoms with Crippen LogP contribution in [0.25, 0.3) is 11.4 Å². The van der Waals surface area contributed by atoms with Crippen LogP contribution in [-0.4, -0.2) is 35.9 Å². The summed E-state index contributed by atoms with van der Waals surface area (Å²) < 4.78 is 27.0. The molecule has 1 aromatic heterocycles. The topological polar surface area (TPSA) is 86.7 Å². The molecule has 2 N–H and O–H groups in total. The molecule has 2 heterocycles. The van der Waals surface area contributed by atoms with Crippen LogP contribution in [0, 0.1) is 5.82 Å². The van der Waals surface area contributed by atoms with Gasteiger partial charge in [0.2, 0.25) is 0 Å². The molecule has 0 atom stereocenters. The summed E-state index contributed by atoms with van der Waals surface area (Å²) in [6.45, 7) is 0. The number of halogens is 1. The minimum Gasteiger partial charge on any atom is -0.399 e. The lowest BCUT2D eigenvalue weighted by molar-refractivity contribution is 0.415. The van der Waals surface area contributed by atoms with Crippen molar-refractivity contribution in [2.24, 2.45) is 0 Å². The van der Waals surface area contributed by atoms with Gasteiger partial charge < -0.3 is 5.73 Å². The first kappa shape index (κ1) is 13.2. The SMILES string of the molecule is Nc1ccc(-c2nnnn2C2CCS(=O)CC2)c(F)c1. The quantitative estimate of drug-likeness (QED) is 0.840. The van der Waals surface area contributed by atoms with E-state index in [2.05, 4.69) is 15.5 Å². The van der Waals surface area contributed by atoms with Gasteiger partial charge in [-0.25, -0.2) is 9.07 Å². The lowest BCUT2D eigenvalue weighted by atomic mass is 10.1. The number of aromatic nitrogens is 4. The molecule has 1 aliphatic rings. The van der Waals surface area contributed by atoms with Crippen molar-refractivity contribution in [1.29, 1.82) is 0 Å². The number of nitrogens with zero attached hydrogens (tertiary/aromatic N) is 4. The molecule has 2 aromatic rings. The lowest BCUT2D eigenvalue weighted by Crippen LogP contribution is -2.23. The highest BCUT2D eigenvalue weighted by Gasteiger charge is 2.24. The maximum absolute atomic E-state index is 14.0. The van der Waals surface area contributed by atoms with Gasteiger partial charge in [0.15, 0.2) is 5.82 Å². The summed E-state index contributed by atoms with van der Waals surface area (Å²) in [5, 5.41) is 11.5. The van der Waals surface area contributed by atoms with Crippen molar-refractivity contribution in [3.8, 4) is 11.4 Å². The Hall–Kier alpha value is -1.83. The molecule has 0 bridgehead atoms. The fraction of sp³-hybridized carbons (Fsp3) is 0.417. The summed E-state index contributed by atoms with van der Waals surface area (Å²) in [6.07, 6.45) is 1.47. The van der Waals surface area contributed by atoms with E-state index in [-0.39, 0.29) is 6.04 Å². The van der Waals surface area contributed by atoms with Gasteiger partial charge in [-0.1, -0.05) is 0 Å². The monoisotopic (exact) mass is 295 g/mol. The Labute approximate surface area is 117 Å². The normalized spacial score (nSPS) is 22.9. The van der Waals surface area contributed by atoms with Crippen LogP contribution in [0.1, 0.15) is 18.9 Å². The molecule has 1 aromatic carbocycles. The number of nitrogen functional groups attached to an aromatic ring is 1. The lowest BCUT2D eigenvalue weighted by Gasteiger charge is -2.22. The van der Waals surface area contributed by atoms with E-state index in [0.29, 0.717) is 28.6 Å². The number of tetrazole rings is 1. The molecule has 0 amide bonds. The molecule has 6 nitrogen and oxygen atoms in total. The smallest absolute Gasteiger partial charge is 0.185 e. The molecule has 0 spiro atoms. The fourth-order valence-electron chi connectivity index (χ4n) is 2.36. The van der Waals surface area contributed by atoms with Crippen LogP contribution < -0.4 is 5.73 Å². The molecule has 8 heteroatoms. The molecule has 1 saturated heterocycles. The van der Waals surface area contributed by atoms with Gasteiger partial charge in [0.1, 0.15) is 5.82 Å². The minimum atomic E-state index is -0.754. The van der Waals surface area contributed by atoms with Gasteiger partial charge in [0.25, 0.3) is 0 Å². The zero-order chi connectivity index (χ0) is 14.1. The molecule has 1 aliphatic heterocycles. The summed E-state index contributed by atoms with van der Waals surface area (Å²) in [4.78, 5) is 0. The summed E-state index contributed by atoms with van der Waals surface area (Å²) >= 11 is 0. The molecule has 0 unspecified atom stereocenters. The first-order chi connectivity index (χ1) is 9.65. The van der Waals surface area contributed by atoms with Crippen molar-refractivity contribution in [3.05, 3.63) is 24.0 Å². The predicted molar refractivity (Wildman–Crippen MR) is 73.8 cm³/mol. The van der Waals surface area contributed by atoms with Crippen molar-refractivity contribution in [2.75, 3.05) is 17.2 Å². The van der Waals surface area contributed by atoms with E-state index < -0.39 is 16.6 Å². The van der Waals surface area contributed by atoms with Crippen molar-refractivity contribution >= 4 is 16.5 Å². The molecule has 1 fully saturated rings. The van der Waals surface area contributed by atoms with Gasteiger partial charge >= 0.3 is 0 Å². The molecule has 20 heavy (non-hydrogen) atoms. The number of benzene rings is 1. The zero-order valence-electron chi connectivity index (χ0n) is 10.7. The van der Waals surface area contributed by atoms with E-state index in [1.165, 1.54) is 6.07 Å². The first-order valence-electron chi connectivity index (χ1n) is 6.33. The van der Waals surface area contributed by atoms with E-state index in [0.717, 1.165) is 12.8 Å². The predicted octanol–water partition coefficient (Wildman–Crippen LogP) is 1.15. The maximum atomic E-state index is 14.0. The Morgan fingerprint density at radius 1 is 1.35 bits per heavy atom. The standard InChI is InChI=1S/C12H14FN5OS/c13-11-7-8(14)1-2-10(11)12-15-16-17-18(12)9-3-5-20(19)6-4-9/h1-2,7,9H,3-6,14H2. The number of rotatable bonds is 2. The van der Waals surface area contributed by atoms with Crippen LogP contribution in [0.4, 0.5) is 10.1 Å². The number of hydrogen-bond acceptors (Lipinski definition) is 5. The van der Waals surface area contributed by atoms with E-state index in [9.17, 15) is 8.60 Å². The van der Waals surface area contributed by atoms with Gasteiger partial charge in [-0.05, 0) is 41.5 Å². The Morgan fingerprint density at radius 2 is 2.10 bits per heavy atom. The second kappa shape index (κ2) is 5.28. The van der Waals surface area contributed by atoms with Crippen molar-refractivity contribution in [3.63, 3.8) is 0 Å². The van der Waals surface area contributed by atoms with E-state index in [4.69, 9.17) is 5.73 Å². The average Bonchev–Trinajstić information content (AvgIpc) is 2.88. The van der Waals surface area contributed by atoms with Crippen molar-refractivity contribution in [2.45, 2.75) is 18.9 Å². The minimum absolute atomic E-state index is 0.0645. The van der Waals surface area contributed by atoms with Gasteiger partial charge in [0, 0.05) is 28.0 Å². The molecule has 0 radical (unpaired) electrons.